The number of benzene rings is 4. The summed E-state index contributed by atoms with van der Waals surface area (Å²) in [4.78, 5) is 0. The largest absolute Gasteiger partial charge is 0.455 e. The van der Waals surface area contributed by atoms with Gasteiger partial charge in [0.2, 0.25) is 0 Å². The Hall–Kier alpha value is -3.92. The van der Waals surface area contributed by atoms with Crippen molar-refractivity contribution in [2.24, 2.45) is 0 Å². The van der Waals surface area contributed by atoms with Gasteiger partial charge in [0.05, 0.1) is 11.4 Å². The molecule has 0 aliphatic carbocycles. The van der Waals surface area contributed by atoms with Gasteiger partial charge in [0.25, 0.3) is 0 Å². The van der Waals surface area contributed by atoms with Gasteiger partial charge in [-0.1, -0.05) is 48.5 Å². The van der Waals surface area contributed by atoms with Crippen molar-refractivity contribution in [3.8, 4) is 23.0 Å². The minimum atomic E-state index is 0.621. The molecule has 0 aliphatic heterocycles. The zero-order chi connectivity index (χ0) is 20.1. The van der Waals surface area contributed by atoms with Crippen LogP contribution in [0.1, 0.15) is 11.1 Å². The highest BCUT2D eigenvalue weighted by molar-refractivity contribution is 5.54. The Balaban J connectivity index is 1.39. The van der Waals surface area contributed by atoms with Gasteiger partial charge in [-0.25, -0.2) is 0 Å². The molecule has 0 heterocycles. The normalized spacial score (nSPS) is 10.5. The van der Waals surface area contributed by atoms with Crippen LogP contribution in [0.25, 0.3) is 0 Å². The molecule has 4 heteroatoms. The Kier molecular flexibility index (Phi) is 5.34. The predicted molar refractivity (Wildman–Crippen MR) is 118 cm³/mol. The molecule has 0 bridgehead atoms. The summed E-state index contributed by atoms with van der Waals surface area (Å²) in [7, 11) is 0. The van der Waals surface area contributed by atoms with Crippen molar-refractivity contribution in [1.29, 1.82) is 0 Å². The molecule has 0 saturated carbocycles. The molecular weight excluding hydrogens is 360 g/mol. The minimum absolute atomic E-state index is 0.621. The number of nitrogen functional groups attached to an aromatic ring is 2. The molecule has 4 aromatic carbocycles. The lowest BCUT2D eigenvalue weighted by Gasteiger charge is -2.10. The molecule has 29 heavy (non-hydrogen) atoms. The van der Waals surface area contributed by atoms with Crippen LogP contribution in [0.5, 0.6) is 23.0 Å². The Bertz CT molecular complexity index is 1000. The summed E-state index contributed by atoms with van der Waals surface area (Å²) < 4.78 is 11.7. The van der Waals surface area contributed by atoms with Gasteiger partial charge < -0.3 is 20.9 Å². The molecule has 4 aromatic rings. The van der Waals surface area contributed by atoms with Crippen LogP contribution >= 0.6 is 0 Å². The number of hydrogen-bond acceptors (Lipinski definition) is 4. The maximum absolute atomic E-state index is 5.93. The van der Waals surface area contributed by atoms with Gasteiger partial charge in [0, 0.05) is 0 Å². The number of nitrogens with two attached hydrogens (primary N) is 2. The molecule has 0 saturated heterocycles. The van der Waals surface area contributed by atoms with E-state index in [1.807, 2.05) is 72.8 Å². The van der Waals surface area contributed by atoms with Crippen molar-refractivity contribution in [1.82, 2.24) is 0 Å². The van der Waals surface area contributed by atoms with Gasteiger partial charge in [-0.3, -0.25) is 0 Å². The van der Waals surface area contributed by atoms with Gasteiger partial charge in [-0.15, -0.1) is 0 Å². The lowest BCUT2D eigenvalue weighted by Crippen LogP contribution is -1.93. The molecule has 0 aromatic heterocycles. The highest BCUT2D eigenvalue weighted by atomic mass is 16.5. The van der Waals surface area contributed by atoms with E-state index >= 15 is 0 Å². The third-order valence-corrected chi connectivity index (χ3v) is 4.55. The standard InChI is InChI=1S/C25H22N2O2/c26-22-5-1-3-7-24(22)28-20-13-9-18(10-14-20)17-19-11-15-21(16-12-19)29-25-8-4-2-6-23(25)27/h1-16H,17,26-27H2. The van der Waals surface area contributed by atoms with Crippen LogP contribution in [0.15, 0.2) is 97.1 Å². The molecule has 144 valence electrons. The van der Waals surface area contributed by atoms with Crippen molar-refractivity contribution < 1.29 is 9.47 Å². The number of hydrogen-bond donors (Lipinski definition) is 2. The van der Waals surface area contributed by atoms with Crippen molar-refractivity contribution >= 4 is 11.4 Å². The number of rotatable bonds is 6. The average Bonchev–Trinajstić information content (AvgIpc) is 2.74. The van der Waals surface area contributed by atoms with Crippen LogP contribution in [-0.4, -0.2) is 0 Å². The van der Waals surface area contributed by atoms with Crippen molar-refractivity contribution in [2.75, 3.05) is 11.5 Å². The highest BCUT2D eigenvalue weighted by Gasteiger charge is 2.04. The summed E-state index contributed by atoms with van der Waals surface area (Å²) in [5.74, 6) is 2.84. The Morgan fingerprint density at radius 3 is 1.24 bits per heavy atom. The molecular formula is C25H22N2O2. The zero-order valence-electron chi connectivity index (χ0n) is 15.9. The summed E-state index contributed by atoms with van der Waals surface area (Å²) in [6, 6.07) is 31.0. The maximum Gasteiger partial charge on any atom is 0.150 e. The number of ether oxygens (including phenoxy) is 2. The molecule has 0 atom stereocenters. The predicted octanol–water partition coefficient (Wildman–Crippen LogP) is 6.03. The molecule has 4 rings (SSSR count). The summed E-state index contributed by atoms with van der Waals surface area (Å²) >= 11 is 0. The van der Waals surface area contributed by atoms with E-state index in [1.54, 1.807) is 0 Å². The average molecular weight is 382 g/mol. The van der Waals surface area contributed by atoms with E-state index in [9.17, 15) is 0 Å². The maximum atomic E-state index is 5.93. The molecule has 0 fully saturated rings. The van der Waals surface area contributed by atoms with E-state index in [0.29, 0.717) is 22.9 Å². The van der Waals surface area contributed by atoms with Crippen molar-refractivity contribution in [2.45, 2.75) is 6.42 Å². The summed E-state index contributed by atoms with van der Waals surface area (Å²) in [5, 5.41) is 0. The van der Waals surface area contributed by atoms with Gasteiger partial charge in [0.1, 0.15) is 23.0 Å². The first-order valence-corrected chi connectivity index (χ1v) is 9.40. The van der Waals surface area contributed by atoms with Crippen LogP contribution in [-0.2, 0) is 6.42 Å². The van der Waals surface area contributed by atoms with E-state index in [4.69, 9.17) is 20.9 Å². The third-order valence-electron chi connectivity index (χ3n) is 4.55. The molecule has 0 radical (unpaired) electrons. The van der Waals surface area contributed by atoms with Crippen LogP contribution in [0.3, 0.4) is 0 Å². The van der Waals surface area contributed by atoms with Crippen LogP contribution in [0, 0.1) is 0 Å². The van der Waals surface area contributed by atoms with E-state index in [1.165, 1.54) is 11.1 Å². The van der Waals surface area contributed by atoms with Gasteiger partial charge in [-0.2, -0.15) is 0 Å². The summed E-state index contributed by atoms with van der Waals surface area (Å²) in [6.07, 6.45) is 0.821. The summed E-state index contributed by atoms with van der Waals surface area (Å²) in [5.41, 5.74) is 15.5. The Morgan fingerprint density at radius 1 is 0.483 bits per heavy atom. The first kappa shape index (κ1) is 18.4. The Labute approximate surface area is 170 Å². The van der Waals surface area contributed by atoms with Crippen LogP contribution in [0.2, 0.25) is 0 Å². The minimum Gasteiger partial charge on any atom is -0.455 e. The second kappa shape index (κ2) is 8.40. The first-order chi connectivity index (χ1) is 14.2. The monoisotopic (exact) mass is 382 g/mol. The lowest BCUT2D eigenvalue weighted by atomic mass is 10.0. The molecule has 4 nitrogen and oxygen atoms in total. The fraction of sp³-hybridized carbons (Fsp3) is 0.0400. The van der Waals surface area contributed by atoms with Crippen molar-refractivity contribution in [3.63, 3.8) is 0 Å². The molecule has 4 N–H and O–H groups in total. The number of para-hydroxylation sites is 4. The highest BCUT2D eigenvalue weighted by Crippen LogP contribution is 2.29. The fourth-order valence-corrected chi connectivity index (χ4v) is 2.99. The van der Waals surface area contributed by atoms with Gasteiger partial charge in [-0.05, 0) is 66.1 Å². The van der Waals surface area contributed by atoms with E-state index in [0.717, 1.165) is 17.9 Å². The second-order valence-corrected chi connectivity index (χ2v) is 6.74. The van der Waals surface area contributed by atoms with Gasteiger partial charge in [0.15, 0.2) is 0 Å². The third kappa shape index (κ3) is 4.68. The molecule has 0 unspecified atom stereocenters. The van der Waals surface area contributed by atoms with Crippen LogP contribution in [0.4, 0.5) is 11.4 Å². The zero-order valence-corrected chi connectivity index (χ0v) is 15.9. The molecule has 0 spiro atoms. The first-order valence-electron chi connectivity index (χ1n) is 9.40. The molecule has 0 amide bonds. The second-order valence-electron chi connectivity index (χ2n) is 6.74. The van der Waals surface area contributed by atoms with E-state index < -0.39 is 0 Å². The number of anilines is 2. The smallest absolute Gasteiger partial charge is 0.150 e. The lowest BCUT2D eigenvalue weighted by molar-refractivity contribution is 0.485. The fourth-order valence-electron chi connectivity index (χ4n) is 2.99. The molecule has 0 aliphatic rings. The topological polar surface area (TPSA) is 70.5 Å². The van der Waals surface area contributed by atoms with Crippen molar-refractivity contribution in [3.05, 3.63) is 108 Å². The quantitative estimate of drug-likeness (QED) is 0.400. The van der Waals surface area contributed by atoms with E-state index in [2.05, 4.69) is 24.3 Å². The van der Waals surface area contributed by atoms with Crippen LogP contribution < -0.4 is 20.9 Å². The van der Waals surface area contributed by atoms with E-state index in [-0.39, 0.29) is 0 Å². The summed E-state index contributed by atoms with van der Waals surface area (Å²) in [6.45, 7) is 0. The van der Waals surface area contributed by atoms with Gasteiger partial charge >= 0.3 is 0 Å². The Morgan fingerprint density at radius 2 is 0.862 bits per heavy atom. The SMILES string of the molecule is Nc1ccccc1Oc1ccc(Cc2ccc(Oc3ccccc3N)cc2)cc1.